The topological polar surface area (TPSA) is 49.6 Å². The van der Waals surface area contributed by atoms with Crippen LogP contribution < -0.4 is 5.73 Å². The number of nitrogens with two attached hydrogens (primary N) is 1. The van der Waals surface area contributed by atoms with Crippen molar-refractivity contribution in [2.24, 2.45) is 11.7 Å². The normalized spacial score (nSPS) is 24.4. The third kappa shape index (κ3) is 5.76. The van der Waals surface area contributed by atoms with Crippen LogP contribution in [0.25, 0.3) is 0 Å². The second-order valence-electron chi connectivity index (χ2n) is 6.62. The molecule has 1 saturated carbocycles. The lowest BCUT2D eigenvalue weighted by Gasteiger charge is -2.36. The lowest BCUT2D eigenvalue weighted by molar-refractivity contribution is -0.134. The van der Waals surface area contributed by atoms with Crippen LogP contribution in [0, 0.1) is 5.92 Å². The minimum atomic E-state index is 0. The number of halogens is 1. The molecule has 4 nitrogen and oxygen atoms in total. The van der Waals surface area contributed by atoms with Gasteiger partial charge in [0, 0.05) is 19.6 Å². The van der Waals surface area contributed by atoms with Crippen LogP contribution in [0.5, 0.6) is 0 Å². The molecule has 124 valence electrons. The van der Waals surface area contributed by atoms with Crippen molar-refractivity contribution >= 4 is 18.3 Å². The van der Waals surface area contributed by atoms with Gasteiger partial charge in [0.05, 0.1) is 6.54 Å². The van der Waals surface area contributed by atoms with Gasteiger partial charge in [0.25, 0.3) is 0 Å². The summed E-state index contributed by atoms with van der Waals surface area (Å²) in [7, 11) is 2.00. The van der Waals surface area contributed by atoms with Crippen molar-refractivity contribution in [1.29, 1.82) is 0 Å². The minimum absolute atomic E-state index is 0. The molecule has 2 fully saturated rings. The second kappa shape index (κ2) is 9.65. The molecule has 0 aromatic carbocycles. The van der Waals surface area contributed by atoms with Crippen LogP contribution in [0.3, 0.4) is 0 Å². The van der Waals surface area contributed by atoms with Gasteiger partial charge in [0.2, 0.25) is 5.91 Å². The number of rotatable bonds is 5. The minimum Gasteiger partial charge on any atom is -0.342 e. The summed E-state index contributed by atoms with van der Waals surface area (Å²) >= 11 is 0. The number of likely N-dealkylation sites (tertiary alicyclic amines) is 1. The van der Waals surface area contributed by atoms with Gasteiger partial charge in [-0.15, -0.1) is 12.4 Å². The summed E-state index contributed by atoms with van der Waals surface area (Å²) in [5, 5.41) is 0. The third-order valence-electron chi connectivity index (χ3n) is 5.05. The maximum Gasteiger partial charge on any atom is 0.236 e. The highest BCUT2D eigenvalue weighted by atomic mass is 35.5. The Kier molecular flexibility index (Phi) is 8.60. The molecule has 0 aromatic heterocycles. The van der Waals surface area contributed by atoms with Gasteiger partial charge in [-0.05, 0) is 51.1 Å². The molecule has 1 atom stereocenters. The second-order valence-corrected chi connectivity index (χ2v) is 6.62. The molecule has 1 aliphatic carbocycles. The fourth-order valence-electron chi connectivity index (χ4n) is 3.74. The van der Waals surface area contributed by atoms with Crippen molar-refractivity contribution in [2.45, 2.75) is 57.4 Å². The lowest BCUT2D eigenvalue weighted by atomic mass is 9.94. The predicted molar refractivity (Wildman–Crippen MR) is 89.7 cm³/mol. The van der Waals surface area contributed by atoms with Crippen molar-refractivity contribution in [2.75, 3.05) is 33.2 Å². The van der Waals surface area contributed by atoms with Gasteiger partial charge >= 0.3 is 0 Å². The maximum absolute atomic E-state index is 12.4. The Morgan fingerprint density at radius 1 is 1.19 bits per heavy atom. The summed E-state index contributed by atoms with van der Waals surface area (Å²) < 4.78 is 0. The fraction of sp³-hybridized carbons (Fsp3) is 0.938. The molecule has 0 radical (unpaired) electrons. The van der Waals surface area contributed by atoms with E-state index in [9.17, 15) is 4.79 Å². The zero-order valence-corrected chi connectivity index (χ0v) is 14.2. The van der Waals surface area contributed by atoms with Crippen LogP contribution in [-0.2, 0) is 4.79 Å². The molecular formula is C16H32ClN3O. The summed E-state index contributed by atoms with van der Waals surface area (Å²) in [5.74, 6) is 1.01. The van der Waals surface area contributed by atoms with Crippen LogP contribution in [0.15, 0.2) is 0 Å². The van der Waals surface area contributed by atoms with Crippen molar-refractivity contribution < 1.29 is 4.79 Å². The molecule has 1 amide bonds. The molecule has 0 aromatic rings. The summed E-state index contributed by atoms with van der Waals surface area (Å²) in [6.45, 7) is 3.51. The molecule has 1 heterocycles. The van der Waals surface area contributed by atoms with Crippen molar-refractivity contribution in [3.05, 3.63) is 0 Å². The van der Waals surface area contributed by atoms with E-state index in [1.807, 2.05) is 11.9 Å². The molecule has 2 aliphatic rings. The van der Waals surface area contributed by atoms with Gasteiger partial charge in [-0.25, -0.2) is 0 Å². The lowest BCUT2D eigenvalue weighted by Crippen LogP contribution is -2.46. The first-order chi connectivity index (χ1) is 9.70. The molecule has 2 N–H and O–H groups in total. The summed E-state index contributed by atoms with van der Waals surface area (Å²) in [6, 6.07) is 0.487. The summed E-state index contributed by atoms with van der Waals surface area (Å²) in [6.07, 6.45) is 9.88. The SMILES string of the molecule is CN(C(=O)CN1CCCC(CCN)C1)C1CCCCC1.Cl. The van der Waals surface area contributed by atoms with Crippen molar-refractivity contribution in [3.8, 4) is 0 Å². The first-order valence-corrected chi connectivity index (χ1v) is 8.38. The van der Waals surface area contributed by atoms with E-state index >= 15 is 0 Å². The highest BCUT2D eigenvalue weighted by Crippen LogP contribution is 2.23. The van der Waals surface area contributed by atoms with E-state index in [1.54, 1.807) is 0 Å². The molecule has 2 rings (SSSR count). The van der Waals surface area contributed by atoms with Gasteiger partial charge < -0.3 is 10.6 Å². The Balaban J connectivity index is 0.00000220. The zero-order chi connectivity index (χ0) is 14.4. The molecule has 0 spiro atoms. The van der Waals surface area contributed by atoms with Crippen molar-refractivity contribution in [3.63, 3.8) is 0 Å². The third-order valence-corrected chi connectivity index (χ3v) is 5.05. The molecule has 5 heteroatoms. The Morgan fingerprint density at radius 3 is 2.57 bits per heavy atom. The molecule has 21 heavy (non-hydrogen) atoms. The van der Waals surface area contributed by atoms with Crippen LogP contribution in [0.1, 0.15) is 51.4 Å². The number of nitrogens with zero attached hydrogens (tertiary/aromatic N) is 2. The van der Waals surface area contributed by atoms with Gasteiger partial charge in [0.1, 0.15) is 0 Å². The Labute approximate surface area is 135 Å². The van der Waals surface area contributed by atoms with E-state index in [1.165, 1.54) is 44.9 Å². The van der Waals surface area contributed by atoms with E-state index < -0.39 is 0 Å². The standard InChI is InChI=1S/C16H31N3O.ClH/c1-18(15-7-3-2-4-8-15)16(20)13-19-11-5-6-14(12-19)9-10-17;/h14-15H,2-13,17H2,1H3;1H. The largest absolute Gasteiger partial charge is 0.342 e. The van der Waals surface area contributed by atoms with Gasteiger partial charge in [0.15, 0.2) is 0 Å². The highest BCUT2D eigenvalue weighted by Gasteiger charge is 2.25. The number of carbonyl (C=O) groups is 1. The number of carbonyl (C=O) groups excluding carboxylic acids is 1. The van der Waals surface area contributed by atoms with Gasteiger partial charge in [-0.3, -0.25) is 9.69 Å². The van der Waals surface area contributed by atoms with E-state index in [-0.39, 0.29) is 12.4 Å². The monoisotopic (exact) mass is 317 g/mol. The van der Waals surface area contributed by atoms with E-state index in [0.717, 1.165) is 26.1 Å². The molecular weight excluding hydrogens is 286 g/mol. The van der Waals surface area contributed by atoms with E-state index in [0.29, 0.717) is 24.4 Å². The quantitative estimate of drug-likeness (QED) is 0.846. The van der Waals surface area contributed by atoms with E-state index in [2.05, 4.69) is 4.90 Å². The average molecular weight is 318 g/mol. The molecule has 1 aliphatic heterocycles. The molecule has 1 unspecified atom stereocenters. The zero-order valence-electron chi connectivity index (χ0n) is 13.4. The number of amides is 1. The Morgan fingerprint density at radius 2 is 1.90 bits per heavy atom. The Bertz CT molecular complexity index is 306. The summed E-state index contributed by atoms with van der Waals surface area (Å²) in [5.41, 5.74) is 5.66. The fourth-order valence-corrected chi connectivity index (χ4v) is 3.74. The number of hydrogen-bond donors (Lipinski definition) is 1. The molecule has 1 saturated heterocycles. The smallest absolute Gasteiger partial charge is 0.236 e. The van der Waals surface area contributed by atoms with E-state index in [4.69, 9.17) is 5.73 Å². The Hall–Kier alpha value is -0.320. The van der Waals surface area contributed by atoms with Crippen LogP contribution in [-0.4, -0.2) is 55.0 Å². The average Bonchev–Trinajstić information content (AvgIpc) is 2.48. The number of likely N-dealkylation sites (N-methyl/N-ethyl adjacent to an activating group) is 1. The first-order valence-electron chi connectivity index (χ1n) is 8.38. The maximum atomic E-state index is 12.4. The predicted octanol–water partition coefficient (Wildman–Crippen LogP) is 2.26. The number of hydrogen-bond acceptors (Lipinski definition) is 3. The van der Waals surface area contributed by atoms with Gasteiger partial charge in [-0.2, -0.15) is 0 Å². The molecule has 0 bridgehead atoms. The van der Waals surface area contributed by atoms with Crippen LogP contribution >= 0.6 is 12.4 Å². The first kappa shape index (κ1) is 18.7. The van der Waals surface area contributed by atoms with Crippen LogP contribution in [0.4, 0.5) is 0 Å². The van der Waals surface area contributed by atoms with Crippen LogP contribution in [0.2, 0.25) is 0 Å². The summed E-state index contributed by atoms with van der Waals surface area (Å²) in [4.78, 5) is 16.8. The van der Waals surface area contributed by atoms with Gasteiger partial charge in [-0.1, -0.05) is 19.3 Å². The number of piperidine rings is 1. The van der Waals surface area contributed by atoms with Crippen molar-refractivity contribution in [1.82, 2.24) is 9.80 Å². The highest BCUT2D eigenvalue weighted by molar-refractivity contribution is 5.85.